The number of hydrogen-bond acceptors (Lipinski definition) is 5. The molecule has 2 aromatic carbocycles. The predicted molar refractivity (Wildman–Crippen MR) is 109 cm³/mol. The summed E-state index contributed by atoms with van der Waals surface area (Å²) in [5, 5.41) is 0. The van der Waals surface area contributed by atoms with Crippen molar-refractivity contribution in [2.75, 3.05) is 27.9 Å². The number of amides is 1. The minimum Gasteiger partial charge on any atom is -0.493 e. The van der Waals surface area contributed by atoms with Gasteiger partial charge in [-0.05, 0) is 41.7 Å². The molecule has 154 valence electrons. The molecule has 0 N–H and O–H groups in total. The molecule has 1 heterocycles. The smallest absolute Gasteiger partial charge is 0.309 e. The minimum atomic E-state index is -0.498. The molecule has 6 heteroatoms. The van der Waals surface area contributed by atoms with E-state index in [1.807, 2.05) is 42.5 Å². The summed E-state index contributed by atoms with van der Waals surface area (Å²) in [4.78, 5) is 27.0. The van der Waals surface area contributed by atoms with E-state index >= 15 is 0 Å². The van der Waals surface area contributed by atoms with Crippen molar-refractivity contribution < 1.29 is 23.8 Å². The van der Waals surface area contributed by atoms with Crippen LogP contribution in [0.2, 0.25) is 0 Å². The van der Waals surface area contributed by atoms with Crippen molar-refractivity contribution in [3.8, 4) is 11.5 Å². The monoisotopic (exact) mass is 397 g/mol. The average Bonchev–Trinajstić information content (AvgIpc) is 2.77. The highest BCUT2D eigenvalue weighted by molar-refractivity contribution is 5.83. The highest BCUT2D eigenvalue weighted by atomic mass is 16.5. The molecule has 1 aliphatic rings. The van der Waals surface area contributed by atoms with E-state index in [1.165, 1.54) is 7.11 Å². The molecule has 1 amide bonds. The van der Waals surface area contributed by atoms with Crippen molar-refractivity contribution >= 4 is 11.9 Å². The van der Waals surface area contributed by atoms with Crippen LogP contribution in [0.3, 0.4) is 0 Å². The van der Waals surface area contributed by atoms with E-state index in [0.717, 1.165) is 23.1 Å². The third kappa shape index (κ3) is 4.88. The van der Waals surface area contributed by atoms with Crippen molar-refractivity contribution in [3.05, 3.63) is 59.2 Å². The Morgan fingerprint density at radius 1 is 1.00 bits per heavy atom. The molecule has 0 spiro atoms. The Hall–Kier alpha value is -3.02. The van der Waals surface area contributed by atoms with E-state index in [4.69, 9.17) is 14.2 Å². The summed E-state index contributed by atoms with van der Waals surface area (Å²) in [6.07, 6.45) is 1.35. The van der Waals surface area contributed by atoms with E-state index in [-0.39, 0.29) is 18.3 Å². The van der Waals surface area contributed by atoms with E-state index in [0.29, 0.717) is 31.0 Å². The van der Waals surface area contributed by atoms with Gasteiger partial charge in [0.25, 0.3) is 0 Å². The molecule has 0 unspecified atom stereocenters. The molecule has 0 aliphatic carbocycles. The molecule has 0 radical (unpaired) electrons. The maximum Gasteiger partial charge on any atom is 0.309 e. The van der Waals surface area contributed by atoms with Crippen LogP contribution in [0.5, 0.6) is 11.5 Å². The van der Waals surface area contributed by atoms with Gasteiger partial charge in [-0.3, -0.25) is 9.59 Å². The van der Waals surface area contributed by atoms with Gasteiger partial charge in [0, 0.05) is 19.5 Å². The number of ether oxygens (including phenoxy) is 3. The van der Waals surface area contributed by atoms with Crippen molar-refractivity contribution in [1.29, 1.82) is 0 Å². The van der Waals surface area contributed by atoms with Crippen LogP contribution in [0.15, 0.2) is 42.5 Å². The highest BCUT2D eigenvalue weighted by Crippen LogP contribution is 2.33. The number of carbonyl (C=O) groups excluding carboxylic acids is 2. The van der Waals surface area contributed by atoms with Crippen LogP contribution in [0, 0.1) is 5.92 Å². The Morgan fingerprint density at radius 3 is 2.28 bits per heavy atom. The first-order valence-corrected chi connectivity index (χ1v) is 9.69. The topological polar surface area (TPSA) is 65.1 Å². The fourth-order valence-electron chi connectivity index (χ4n) is 3.74. The van der Waals surface area contributed by atoms with Crippen molar-refractivity contribution in [1.82, 2.24) is 4.90 Å². The largest absolute Gasteiger partial charge is 0.493 e. The summed E-state index contributed by atoms with van der Waals surface area (Å²) in [5.74, 6) is 0.446. The summed E-state index contributed by atoms with van der Waals surface area (Å²) in [5.41, 5.74) is 3.21. The van der Waals surface area contributed by atoms with Crippen LogP contribution in [-0.4, -0.2) is 44.7 Å². The molecule has 6 nitrogen and oxygen atoms in total. The normalized spacial score (nSPS) is 14.0. The number of hydrogen-bond donors (Lipinski definition) is 0. The molecule has 3 rings (SSSR count). The van der Waals surface area contributed by atoms with Crippen LogP contribution < -0.4 is 9.47 Å². The summed E-state index contributed by atoms with van der Waals surface area (Å²) in [6.45, 7) is 1.11. The number of benzene rings is 2. The third-order valence-corrected chi connectivity index (χ3v) is 5.35. The molecular weight excluding hydrogens is 370 g/mol. The zero-order valence-corrected chi connectivity index (χ0v) is 17.1. The number of nitrogens with zero attached hydrogens (tertiary/aromatic N) is 1. The van der Waals surface area contributed by atoms with Crippen LogP contribution in [-0.2, 0) is 33.7 Å². The SMILES string of the molecule is COC(=O)[C@@H](CC(=O)N1CCc2cc(OC)c(OC)cc2C1)Cc1ccccc1. The molecule has 29 heavy (non-hydrogen) atoms. The second-order valence-corrected chi connectivity index (χ2v) is 7.16. The molecular formula is C23H27NO5. The second-order valence-electron chi connectivity index (χ2n) is 7.16. The average molecular weight is 397 g/mol. The number of fused-ring (bicyclic) bond motifs is 1. The van der Waals surface area contributed by atoms with Gasteiger partial charge < -0.3 is 19.1 Å². The first-order chi connectivity index (χ1) is 14.0. The lowest BCUT2D eigenvalue weighted by Gasteiger charge is -2.30. The lowest BCUT2D eigenvalue weighted by atomic mass is 9.94. The Balaban J connectivity index is 1.72. The van der Waals surface area contributed by atoms with Crippen molar-refractivity contribution in [2.45, 2.75) is 25.8 Å². The summed E-state index contributed by atoms with van der Waals surface area (Å²) in [6, 6.07) is 13.6. The van der Waals surface area contributed by atoms with Gasteiger partial charge in [0.05, 0.1) is 27.2 Å². The number of carbonyl (C=O) groups is 2. The quantitative estimate of drug-likeness (QED) is 0.672. The Morgan fingerprint density at radius 2 is 1.66 bits per heavy atom. The Bertz CT molecular complexity index is 865. The van der Waals surface area contributed by atoms with Crippen molar-refractivity contribution in [2.24, 2.45) is 5.92 Å². The maximum atomic E-state index is 13.0. The number of esters is 1. The predicted octanol–water partition coefficient (Wildman–Crippen LogP) is 3.01. The lowest BCUT2D eigenvalue weighted by molar-refractivity contribution is -0.149. The Labute approximate surface area is 171 Å². The van der Waals surface area contributed by atoms with Crippen LogP contribution in [0.4, 0.5) is 0 Å². The van der Waals surface area contributed by atoms with E-state index in [1.54, 1.807) is 19.1 Å². The first-order valence-electron chi connectivity index (χ1n) is 9.69. The number of rotatable bonds is 7. The molecule has 0 bridgehead atoms. The fourth-order valence-corrected chi connectivity index (χ4v) is 3.74. The zero-order valence-electron chi connectivity index (χ0n) is 17.1. The van der Waals surface area contributed by atoms with Gasteiger partial charge in [-0.2, -0.15) is 0 Å². The van der Waals surface area contributed by atoms with Crippen LogP contribution in [0.25, 0.3) is 0 Å². The molecule has 2 aromatic rings. The summed E-state index contributed by atoms with van der Waals surface area (Å²) >= 11 is 0. The molecule has 0 aromatic heterocycles. The fraction of sp³-hybridized carbons (Fsp3) is 0.391. The maximum absolute atomic E-state index is 13.0. The molecule has 1 aliphatic heterocycles. The van der Waals surface area contributed by atoms with E-state index < -0.39 is 5.92 Å². The van der Waals surface area contributed by atoms with E-state index in [9.17, 15) is 9.59 Å². The Kier molecular flexibility index (Phi) is 6.75. The lowest BCUT2D eigenvalue weighted by Crippen LogP contribution is -2.38. The molecule has 0 saturated carbocycles. The van der Waals surface area contributed by atoms with Crippen molar-refractivity contribution in [3.63, 3.8) is 0 Å². The number of methoxy groups -OCH3 is 3. The summed E-state index contributed by atoms with van der Waals surface area (Å²) < 4.78 is 15.7. The van der Waals surface area contributed by atoms with Gasteiger partial charge >= 0.3 is 5.97 Å². The van der Waals surface area contributed by atoms with Crippen LogP contribution >= 0.6 is 0 Å². The van der Waals surface area contributed by atoms with Gasteiger partial charge in [0.15, 0.2) is 11.5 Å². The summed E-state index contributed by atoms with van der Waals surface area (Å²) in [7, 11) is 4.57. The molecule has 1 atom stereocenters. The molecule has 0 fully saturated rings. The van der Waals surface area contributed by atoms with Gasteiger partial charge in [-0.1, -0.05) is 30.3 Å². The van der Waals surface area contributed by atoms with Gasteiger partial charge in [0.1, 0.15) is 0 Å². The van der Waals surface area contributed by atoms with Crippen LogP contribution in [0.1, 0.15) is 23.1 Å². The first kappa shape index (κ1) is 20.7. The van der Waals surface area contributed by atoms with Gasteiger partial charge in [0.2, 0.25) is 5.91 Å². The zero-order chi connectivity index (χ0) is 20.8. The highest BCUT2D eigenvalue weighted by Gasteiger charge is 2.28. The third-order valence-electron chi connectivity index (χ3n) is 5.35. The van der Waals surface area contributed by atoms with E-state index in [2.05, 4.69) is 0 Å². The minimum absolute atomic E-state index is 0.0447. The van der Waals surface area contributed by atoms with Gasteiger partial charge in [-0.25, -0.2) is 0 Å². The van der Waals surface area contributed by atoms with Gasteiger partial charge in [-0.15, -0.1) is 0 Å². The molecule has 0 saturated heterocycles. The standard InChI is InChI=1S/C23H27NO5/c1-27-20-12-17-9-10-24(15-19(17)13-21(20)28-2)22(25)14-18(23(26)29-3)11-16-7-5-4-6-8-16/h4-8,12-13,18H,9-11,14-15H2,1-3H3/t18-/m1/s1. The second kappa shape index (κ2) is 9.45.